The third-order valence-electron chi connectivity index (χ3n) is 6.03. The molecule has 1 aromatic rings. The lowest BCUT2D eigenvalue weighted by molar-refractivity contribution is -0.154. The first kappa shape index (κ1) is 21.5. The second-order valence-corrected chi connectivity index (χ2v) is 8.32. The van der Waals surface area contributed by atoms with Crippen molar-refractivity contribution in [1.29, 1.82) is 0 Å². The van der Waals surface area contributed by atoms with E-state index in [0.717, 1.165) is 25.7 Å². The minimum Gasteiger partial charge on any atom is -0.344 e. The summed E-state index contributed by atoms with van der Waals surface area (Å²) < 4.78 is 38.5. The van der Waals surface area contributed by atoms with Gasteiger partial charge in [-0.25, -0.2) is 4.98 Å². The van der Waals surface area contributed by atoms with Crippen molar-refractivity contribution in [3.8, 4) is 0 Å². The maximum absolute atomic E-state index is 12.8. The van der Waals surface area contributed by atoms with Crippen LogP contribution in [0, 0.1) is 17.8 Å². The van der Waals surface area contributed by atoms with Crippen molar-refractivity contribution in [2.45, 2.75) is 63.7 Å². The Morgan fingerprint density at radius 1 is 1.34 bits per heavy atom. The topological polar surface area (TPSA) is 97.1 Å². The minimum absolute atomic E-state index is 0.135. The number of nitrogens with one attached hydrogen (secondary N) is 2. The summed E-state index contributed by atoms with van der Waals surface area (Å²) in [4.78, 5) is 28.5. The highest BCUT2D eigenvalue weighted by Gasteiger charge is 2.47. The van der Waals surface area contributed by atoms with Crippen LogP contribution in [0.15, 0.2) is 18.3 Å². The number of amides is 2. The number of nitrogens with zero attached hydrogens (tertiary/aromatic N) is 1. The number of rotatable bonds is 5. The van der Waals surface area contributed by atoms with Gasteiger partial charge in [-0.3, -0.25) is 9.59 Å². The zero-order chi connectivity index (χ0) is 21.2. The molecule has 9 heteroatoms. The number of nitrogens with two attached hydrogens (primary N) is 1. The Kier molecular flexibility index (Phi) is 6.45. The normalized spacial score (nSPS) is 28.7. The number of hydrogen-bond donors (Lipinski definition) is 3. The zero-order valence-electron chi connectivity index (χ0n) is 16.3. The molecular weight excluding hydrogens is 385 g/mol. The van der Waals surface area contributed by atoms with E-state index in [1.165, 1.54) is 6.20 Å². The highest BCUT2D eigenvalue weighted by Crippen LogP contribution is 2.32. The van der Waals surface area contributed by atoms with Crippen molar-refractivity contribution < 1.29 is 22.8 Å². The van der Waals surface area contributed by atoms with Crippen molar-refractivity contribution in [2.24, 2.45) is 23.5 Å². The lowest BCUT2D eigenvalue weighted by Gasteiger charge is -2.29. The van der Waals surface area contributed by atoms with E-state index in [1.807, 2.05) is 5.32 Å². The van der Waals surface area contributed by atoms with Gasteiger partial charge in [-0.05, 0) is 55.2 Å². The van der Waals surface area contributed by atoms with E-state index in [9.17, 15) is 22.8 Å². The molecule has 1 saturated carbocycles. The van der Waals surface area contributed by atoms with E-state index in [1.54, 1.807) is 12.1 Å². The van der Waals surface area contributed by atoms with Gasteiger partial charge in [-0.2, -0.15) is 13.2 Å². The first-order valence-corrected chi connectivity index (χ1v) is 10.0. The van der Waals surface area contributed by atoms with Gasteiger partial charge in [0.25, 0.3) is 0 Å². The molecule has 3 atom stereocenters. The van der Waals surface area contributed by atoms with Crippen molar-refractivity contribution in [2.75, 3.05) is 5.32 Å². The Labute approximate surface area is 167 Å². The van der Waals surface area contributed by atoms with Crippen LogP contribution in [0.3, 0.4) is 0 Å². The van der Waals surface area contributed by atoms with Gasteiger partial charge >= 0.3 is 6.18 Å². The standard InChI is InChI=1S/C20H27F3N4O2/c1-11-2-4-13(5-3-11)17(24)19(29)27-16-9-12(6-7-25-16)8-14-10-15(20(21,22)23)26-18(14)28/h6-7,9,11,13-15,17H,2-5,8,10,24H2,1H3,(H,26,28)(H,25,27,29)/t11?,13?,14-,15+,17?/m1/s1. The molecule has 0 spiro atoms. The minimum atomic E-state index is -4.45. The number of alkyl halides is 3. The van der Waals surface area contributed by atoms with E-state index >= 15 is 0 Å². The molecule has 0 radical (unpaired) electrons. The molecule has 29 heavy (non-hydrogen) atoms. The van der Waals surface area contributed by atoms with Gasteiger partial charge < -0.3 is 16.4 Å². The van der Waals surface area contributed by atoms with Crippen LogP contribution < -0.4 is 16.4 Å². The number of aromatic nitrogens is 1. The summed E-state index contributed by atoms with van der Waals surface area (Å²) in [6.07, 6.45) is 0.819. The number of anilines is 1. The van der Waals surface area contributed by atoms with E-state index in [0.29, 0.717) is 11.5 Å². The van der Waals surface area contributed by atoms with Gasteiger partial charge in [0.15, 0.2) is 0 Å². The highest BCUT2D eigenvalue weighted by atomic mass is 19.4. The summed E-state index contributed by atoms with van der Waals surface area (Å²) in [6, 6.07) is 0.784. The fourth-order valence-electron chi connectivity index (χ4n) is 4.15. The summed E-state index contributed by atoms with van der Waals surface area (Å²) >= 11 is 0. The van der Waals surface area contributed by atoms with Crippen LogP contribution in [-0.4, -0.2) is 35.1 Å². The first-order valence-electron chi connectivity index (χ1n) is 10.0. The zero-order valence-corrected chi connectivity index (χ0v) is 16.3. The Morgan fingerprint density at radius 2 is 2.03 bits per heavy atom. The van der Waals surface area contributed by atoms with E-state index in [2.05, 4.69) is 17.2 Å². The molecule has 6 nitrogen and oxygen atoms in total. The number of pyridine rings is 1. The number of carbonyl (C=O) groups is 2. The van der Waals surface area contributed by atoms with Crippen LogP contribution >= 0.6 is 0 Å². The molecule has 3 rings (SSSR count). The molecule has 4 N–H and O–H groups in total. The molecule has 160 valence electrons. The van der Waals surface area contributed by atoms with Gasteiger partial charge in [0.05, 0.1) is 6.04 Å². The van der Waals surface area contributed by atoms with Crippen LogP contribution in [0.25, 0.3) is 0 Å². The number of carbonyl (C=O) groups excluding carboxylic acids is 2. The Bertz CT molecular complexity index is 747. The largest absolute Gasteiger partial charge is 0.408 e. The molecule has 1 saturated heterocycles. The second-order valence-electron chi connectivity index (χ2n) is 8.32. The maximum Gasteiger partial charge on any atom is 0.408 e. The maximum atomic E-state index is 12.8. The molecule has 0 aromatic carbocycles. The number of hydrogen-bond acceptors (Lipinski definition) is 4. The fraction of sp³-hybridized carbons (Fsp3) is 0.650. The third-order valence-corrected chi connectivity index (χ3v) is 6.03. The van der Waals surface area contributed by atoms with Gasteiger partial charge in [0.2, 0.25) is 11.8 Å². The average molecular weight is 412 g/mol. The van der Waals surface area contributed by atoms with Crippen molar-refractivity contribution in [1.82, 2.24) is 10.3 Å². The Balaban J connectivity index is 1.58. The molecule has 1 aromatic heterocycles. The Morgan fingerprint density at radius 3 is 2.66 bits per heavy atom. The molecule has 2 aliphatic rings. The predicted octanol–water partition coefficient (Wildman–Crippen LogP) is 2.78. The van der Waals surface area contributed by atoms with Crippen LogP contribution in [-0.2, 0) is 16.0 Å². The lowest BCUT2D eigenvalue weighted by atomic mass is 9.79. The van der Waals surface area contributed by atoms with Gasteiger partial charge in [-0.15, -0.1) is 0 Å². The molecule has 2 fully saturated rings. The van der Waals surface area contributed by atoms with Gasteiger partial charge in [0, 0.05) is 12.1 Å². The van der Waals surface area contributed by atoms with Gasteiger partial charge in [-0.1, -0.05) is 19.8 Å². The molecule has 1 aliphatic heterocycles. The van der Waals surface area contributed by atoms with Gasteiger partial charge in [0.1, 0.15) is 11.9 Å². The SMILES string of the molecule is CC1CCC(C(N)C(=O)Nc2cc(C[C@@H]3C[C@@H](C(F)(F)F)NC3=O)ccn2)CC1. The monoisotopic (exact) mass is 412 g/mol. The van der Waals surface area contributed by atoms with Crippen molar-refractivity contribution in [3.63, 3.8) is 0 Å². The summed E-state index contributed by atoms with van der Waals surface area (Å²) in [5.74, 6) is -0.606. The second kappa shape index (κ2) is 8.69. The smallest absolute Gasteiger partial charge is 0.344 e. The predicted molar refractivity (Wildman–Crippen MR) is 102 cm³/mol. The number of halogens is 3. The summed E-state index contributed by atoms with van der Waals surface area (Å²) in [6.45, 7) is 2.19. The molecular formula is C20H27F3N4O2. The average Bonchev–Trinajstić information content (AvgIpc) is 3.03. The summed E-state index contributed by atoms with van der Waals surface area (Å²) in [5, 5.41) is 4.70. The molecule has 2 amide bonds. The van der Waals surface area contributed by atoms with E-state index in [4.69, 9.17) is 5.73 Å². The van der Waals surface area contributed by atoms with E-state index in [-0.39, 0.29) is 30.5 Å². The lowest BCUT2D eigenvalue weighted by Crippen LogP contribution is -2.43. The molecule has 0 bridgehead atoms. The molecule has 1 unspecified atom stereocenters. The third kappa shape index (κ3) is 5.46. The van der Waals surface area contributed by atoms with Crippen LogP contribution in [0.4, 0.5) is 19.0 Å². The van der Waals surface area contributed by atoms with E-state index < -0.39 is 30.1 Å². The fourth-order valence-corrected chi connectivity index (χ4v) is 4.15. The summed E-state index contributed by atoms with van der Waals surface area (Å²) in [7, 11) is 0. The quantitative estimate of drug-likeness (QED) is 0.693. The van der Waals surface area contributed by atoms with Crippen molar-refractivity contribution >= 4 is 17.6 Å². The molecule has 1 aliphatic carbocycles. The first-order chi connectivity index (χ1) is 13.6. The highest BCUT2D eigenvalue weighted by molar-refractivity contribution is 5.94. The molecule has 2 heterocycles. The Hall–Kier alpha value is -2.16. The van der Waals surface area contributed by atoms with Crippen LogP contribution in [0.2, 0.25) is 0 Å². The van der Waals surface area contributed by atoms with Crippen LogP contribution in [0.5, 0.6) is 0 Å². The van der Waals surface area contributed by atoms with Crippen molar-refractivity contribution in [3.05, 3.63) is 23.9 Å². The summed E-state index contributed by atoms with van der Waals surface area (Å²) in [5.41, 5.74) is 6.77. The van der Waals surface area contributed by atoms with Crippen LogP contribution in [0.1, 0.15) is 44.6 Å².